The van der Waals surface area contributed by atoms with Gasteiger partial charge < -0.3 is 11.1 Å². The van der Waals surface area contributed by atoms with Gasteiger partial charge in [0, 0.05) is 30.0 Å². The molecule has 4 heteroatoms. The van der Waals surface area contributed by atoms with Crippen LogP contribution in [0.15, 0.2) is 24.5 Å². The first-order valence-corrected chi connectivity index (χ1v) is 5.17. The van der Waals surface area contributed by atoms with Crippen molar-refractivity contribution in [2.75, 3.05) is 6.54 Å². The van der Waals surface area contributed by atoms with Crippen molar-refractivity contribution in [3.8, 4) is 0 Å². The number of rotatable bonds is 3. The Hall–Kier alpha value is -1.42. The number of aromatic nitrogens is 1. The molecule has 1 saturated carbocycles. The summed E-state index contributed by atoms with van der Waals surface area (Å²) in [5.41, 5.74) is 6.47. The third kappa shape index (κ3) is 2.33. The van der Waals surface area contributed by atoms with Gasteiger partial charge in [0.25, 0.3) is 5.91 Å². The molecule has 1 aliphatic carbocycles. The molecule has 0 unspecified atom stereocenters. The fraction of sp³-hybridized carbons (Fsp3) is 0.455. The lowest BCUT2D eigenvalue weighted by Gasteiger charge is -2.38. The summed E-state index contributed by atoms with van der Waals surface area (Å²) in [5.74, 6) is -0.0749. The van der Waals surface area contributed by atoms with E-state index in [1.54, 1.807) is 24.5 Å². The van der Waals surface area contributed by atoms with Crippen molar-refractivity contribution in [1.82, 2.24) is 10.3 Å². The van der Waals surface area contributed by atoms with Gasteiger partial charge in [0.2, 0.25) is 0 Å². The smallest absolute Gasteiger partial charge is 0.251 e. The van der Waals surface area contributed by atoms with Gasteiger partial charge in [-0.05, 0) is 31.4 Å². The molecule has 0 radical (unpaired) electrons. The second-order valence-electron chi connectivity index (χ2n) is 4.13. The second-order valence-corrected chi connectivity index (χ2v) is 4.13. The Labute approximate surface area is 88.9 Å². The SMILES string of the molecule is NC1(CNC(=O)c2ccncc2)CCC1. The molecule has 0 atom stereocenters. The van der Waals surface area contributed by atoms with Gasteiger partial charge in [-0.2, -0.15) is 0 Å². The lowest BCUT2D eigenvalue weighted by Crippen LogP contribution is -2.54. The van der Waals surface area contributed by atoms with Crippen LogP contribution in [0, 0.1) is 0 Å². The maximum absolute atomic E-state index is 11.6. The minimum Gasteiger partial charge on any atom is -0.350 e. The first kappa shape index (κ1) is 10.1. The molecule has 1 aromatic heterocycles. The molecule has 4 nitrogen and oxygen atoms in total. The lowest BCUT2D eigenvalue weighted by molar-refractivity contribution is 0.0929. The molecule has 0 aliphatic heterocycles. The molecule has 2 rings (SSSR count). The number of hydrogen-bond acceptors (Lipinski definition) is 3. The molecule has 0 aromatic carbocycles. The van der Waals surface area contributed by atoms with Gasteiger partial charge in [0.15, 0.2) is 0 Å². The summed E-state index contributed by atoms with van der Waals surface area (Å²) < 4.78 is 0. The standard InChI is InChI=1S/C11H15N3O/c12-11(4-1-5-11)8-14-10(15)9-2-6-13-7-3-9/h2-3,6-7H,1,4-5,8,12H2,(H,14,15). The van der Waals surface area contributed by atoms with E-state index in [-0.39, 0.29) is 11.4 Å². The van der Waals surface area contributed by atoms with Gasteiger partial charge in [-0.15, -0.1) is 0 Å². The van der Waals surface area contributed by atoms with E-state index in [9.17, 15) is 4.79 Å². The number of amides is 1. The van der Waals surface area contributed by atoms with Crippen molar-refractivity contribution in [2.24, 2.45) is 5.73 Å². The Morgan fingerprint density at radius 2 is 2.13 bits per heavy atom. The highest BCUT2D eigenvalue weighted by atomic mass is 16.1. The van der Waals surface area contributed by atoms with Crippen molar-refractivity contribution in [1.29, 1.82) is 0 Å². The summed E-state index contributed by atoms with van der Waals surface area (Å²) in [4.78, 5) is 15.5. The largest absolute Gasteiger partial charge is 0.350 e. The van der Waals surface area contributed by atoms with Gasteiger partial charge in [-0.3, -0.25) is 9.78 Å². The van der Waals surface area contributed by atoms with Crippen LogP contribution in [0.2, 0.25) is 0 Å². The summed E-state index contributed by atoms with van der Waals surface area (Å²) in [6, 6.07) is 3.39. The summed E-state index contributed by atoms with van der Waals surface area (Å²) in [6.07, 6.45) is 6.39. The number of pyridine rings is 1. The van der Waals surface area contributed by atoms with Crippen molar-refractivity contribution in [2.45, 2.75) is 24.8 Å². The number of nitrogens with one attached hydrogen (secondary N) is 1. The van der Waals surface area contributed by atoms with Crippen LogP contribution in [0.25, 0.3) is 0 Å². The highest BCUT2D eigenvalue weighted by Crippen LogP contribution is 2.28. The Morgan fingerprint density at radius 3 is 2.67 bits per heavy atom. The van der Waals surface area contributed by atoms with Crippen LogP contribution in [0.1, 0.15) is 29.6 Å². The van der Waals surface area contributed by atoms with Crippen LogP contribution >= 0.6 is 0 Å². The van der Waals surface area contributed by atoms with Gasteiger partial charge >= 0.3 is 0 Å². The predicted octanol–water partition coefficient (Wildman–Crippen LogP) is 0.693. The first-order chi connectivity index (χ1) is 7.20. The van der Waals surface area contributed by atoms with Crippen LogP contribution in [-0.4, -0.2) is 23.0 Å². The molecule has 0 saturated heterocycles. The van der Waals surface area contributed by atoms with E-state index in [2.05, 4.69) is 10.3 Å². The molecule has 80 valence electrons. The van der Waals surface area contributed by atoms with E-state index in [0.717, 1.165) is 12.8 Å². The minimum atomic E-state index is -0.164. The Bertz CT molecular complexity index is 346. The molecule has 1 heterocycles. The molecule has 1 aliphatic rings. The number of carbonyl (C=O) groups excluding carboxylic acids is 1. The van der Waals surface area contributed by atoms with E-state index >= 15 is 0 Å². The third-order valence-corrected chi connectivity index (χ3v) is 2.89. The maximum Gasteiger partial charge on any atom is 0.251 e. The molecular formula is C11H15N3O. The molecule has 1 amide bonds. The maximum atomic E-state index is 11.6. The zero-order valence-corrected chi connectivity index (χ0v) is 8.57. The van der Waals surface area contributed by atoms with Crippen LogP contribution in [0.5, 0.6) is 0 Å². The topological polar surface area (TPSA) is 68.0 Å². The average molecular weight is 205 g/mol. The third-order valence-electron chi connectivity index (χ3n) is 2.89. The zero-order valence-electron chi connectivity index (χ0n) is 8.57. The summed E-state index contributed by atoms with van der Waals surface area (Å²) in [6.45, 7) is 0.564. The fourth-order valence-electron chi connectivity index (χ4n) is 1.67. The van der Waals surface area contributed by atoms with Crippen LogP contribution in [0.4, 0.5) is 0 Å². The normalized spacial score (nSPS) is 17.9. The molecule has 3 N–H and O–H groups in total. The van der Waals surface area contributed by atoms with E-state index in [4.69, 9.17) is 5.73 Å². The van der Waals surface area contributed by atoms with Crippen LogP contribution in [0.3, 0.4) is 0 Å². The summed E-state index contributed by atoms with van der Waals surface area (Å²) in [7, 11) is 0. The minimum absolute atomic E-state index is 0.0749. The molecule has 0 spiro atoms. The number of carbonyl (C=O) groups is 1. The summed E-state index contributed by atoms with van der Waals surface area (Å²) in [5, 5.41) is 2.85. The first-order valence-electron chi connectivity index (χ1n) is 5.17. The van der Waals surface area contributed by atoms with Gasteiger partial charge in [0.1, 0.15) is 0 Å². The monoisotopic (exact) mass is 205 g/mol. The Balaban J connectivity index is 1.88. The van der Waals surface area contributed by atoms with Crippen molar-refractivity contribution in [3.63, 3.8) is 0 Å². The van der Waals surface area contributed by atoms with E-state index in [1.807, 2.05) is 0 Å². The van der Waals surface area contributed by atoms with Gasteiger partial charge in [-0.25, -0.2) is 0 Å². The second kappa shape index (κ2) is 3.98. The predicted molar refractivity (Wildman–Crippen MR) is 57.3 cm³/mol. The molecule has 1 aromatic rings. The van der Waals surface area contributed by atoms with Crippen molar-refractivity contribution >= 4 is 5.91 Å². The molecular weight excluding hydrogens is 190 g/mol. The quantitative estimate of drug-likeness (QED) is 0.763. The van der Waals surface area contributed by atoms with E-state index < -0.39 is 0 Å². The zero-order chi connectivity index (χ0) is 10.7. The molecule has 0 bridgehead atoms. The molecule has 15 heavy (non-hydrogen) atoms. The number of nitrogens with zero attached hydrogens (tertiary/aromatic N) is 1. The fourth-order valence-corrected chi connectivity index (χ4v) is 1.67. The van der Waals surface area contributed by atoms with Gasteiger partial charge in [0.05, 0.1) is 0 Å². The number of hydrogen-bond donors (Lipinski definition) is 2. The van der Waals surface area contributed by atoms with E-state index in [0.29, 0.717) is 12.1 Å². The average Bonchev–Trinajstić information content (AvgIpc) is 2.24. The highest BCUT2D eigenvalue weighted by molar-refractivity contribution is 5.94. The lowest BCUT2D eigenvalue weighted by atomic mass is 9.78. The van der Waals surface area contributed by atoms with Crippen molar-refractivity contribution < 1.29 is 4.79 Å². The number of nitrogens with two attached hydrogens (primary N) is 1. The Kier molecular flexibility index (Phi) is 2.68. The highest BCUT2D eigenvalue weighted by Gasteiger charge is 2.32. The van der Waals surface area contributed by atoms with Crippen molar-refractivity contribution in [3.05, 3.63) is 30.1 Å². The molecule has 1 fully saturated rings. The van der Waals surface area contributed by atoms with Crippen LogP contribution < -0.4 is 11.1 Å². The van der Waals surface area contributed by atoms with Gasteiger partial charge in [-0.1, -0.05) is 0 Å². The van der Waals surface area contributed by atoms with E-state index in [1.165, 1.54) is 6.42 Å². The van der Waals surface area contributed by atoms with Crippen LogP contribution in [-0.2, 0) is 0 Å². The summed E-state index contributed by atoms with van der Waals surface area (Å²) >= 11 is 0. The Morgan fingerprint density at radius 1 is 1.47 bits per heavy atom.